The van der Waals surface area contributed by atoms with E-state index in [2.05, 4.69) is 38.1 Å². The van der Waals surface area contributed by atoms with Crippen molar-refractivity contribution in [1.82, 2.24) is 4.57 Å². The number of rotatable bonds is 4. The summed E-state index contributed by atoms with van der Waals surface area (Å²) in [6, 6.07) is 11.8. The fraction of sp³-hybridized carbons (Fsp3) is 0.118. The van der Waals surface area contributed by atoms with Crippen molar-refractivity contribution in [3.63, 3.8) is 0 Å². The van der Waals surface area contributed by atoms with Gasteiger partial charge in [-0.2, -0.15) is 0 Å². The minimum atomic E-state index is -3.93. The number of aryl methyl sites for hydroxylation is 1. The van der Waals surface area contributed by atoms with Gasteiger partial charge in [0.05, 0.1) is 11.2 Å². The van der Waals surface area contributed by atoms with E-state index in [0.29, 0.717) is 12.2 Å². The maximum absolute atomic E-state index is 11.7. The molecular formula is C17H16IN5O3S2. The number of para-hydroxylation sites is 1. The number of primary sulfonamides is 1. The normalized spacial score (nSPS) is 12.0. The van der Waals surface area contributed by atoms with Gasteiger partial charge in [-0.15, -0.1) is 10.2 Å². The molecule has 2 aromatic carbocycles. The molecule has 11 heteroatoms. The van der Waals surface area contributed by atoms with Crippen LogP contribution in [0, 0.1) is 3.57 Å². The molecule has 146 valence electrons. The predicted molar refractivity (Wildman–Crippen MR) is 121 cm³/mol. The summed E-state index contributed by atoms with van der Waals surface area (Å²) in [7, 11) is -3.93. The Balaban J connectivity index is 1.94. The molecule has 0 unspecified atom stereocenters. The zero-order valence-electron chi connectivity index (χ0n) is 14.6. The van der Waals surface area contributed by atoms with Gasteiger partial charge in [0.1, 0.15) is 4.90 Å². The number of nitrogens with two attached hydrogens (primary N) is 1. The summed E-state index contributed by atoms with van der Waals surface area (Å²) in [6.07, 6.45) is 0. The molecule has 1 aromatic heterocycles. The van der Waals surface area contributed by atoms with Crippen LogP contribution in [0.1, 0.15) is 6.92 Å². The van der Waals surface area contributed by atoms with Gasteiger partial charge < -0.3 is 15.0 Å². The molecule has 0 saturated carbocycles. The largest absolute Gasteiger partial charge is 0.493 e. The van der Waals surface area contributed by atoms with Crippen molar-refractivity contribution in [2.45, 2.75) is 18.4 Å². The molecule has 8 nitrogen and oxygen atoms in total. The van der Waals surface area contributed by atoms with Crippen LogP contribution in [0.5, 0.6) is 5.88 Å². The Kier molecular flexibility index (Phi) is 5.98. The number of aromatic nitrogens is 1. The molecular weight excluding hydrogens is 513 g/mol. The van der Waals surface area contributed by atoms with Crippen LogP contribution < -0.4 is 10.5 Å². The van der Waals surface area contributed by atoms with E-state index in [0.717, 1.165) is 14.5 Å². The van der Waals surface area contributed by atoms with Crippen LogP contribution in [-0.2, 0) is 16.6 Å². The second kappa shape index (κ2) is 8.11. The summed E-state index contributed by atoms with van der Waals surface area (Å²) in [5.41, 5.74) is 1.32. The van der Waals surface area contributed by atoms with E-state index in [9.17, 15) is 13.5 Å². The molecule has 0 aliphatic rings. The number of anilines is 1. The van der Waals surface area contributed by atoms with Gasteiger partial charge >= 0.3 is 0 Å². The second-order valence-electron chi connectivity index (χ2n) is 5.75. The first kappa shape index (κ1) is 20.6. The highest BCUT2D eigenvalue weighted by Gasteiger charge is 2.17. The number of aromatic hydroxyl groups is 1. The van der Waals surface area contributed by atoms with Gasteiger partial charge in [-0.25, -0.2) is 13.6 Å². The summed E-state index contributed by atoms with van der Waals surface area (Å²) < 4.78 is 26.1. The SMILES string of the molecule is CCn1c(O)c(N=NC(=S)Nc2ccccc2S(N)(=O)=O)c2cc(I)ccc21. The lowest BCUT2D eigenvalue weighted by Crippen LogP contribution is -2.16. The molecule has 0 atom stereocenters. The number of hydrogen-bond acceptors (Lipinski definition) is 5. The van der Waals surface area contributed by atoms with Crippen LogP contribution in [0.25, 0.3) is 10.9 Å². The third-order valence-corrected chi connectivity index (χ3v) is 5.79. The van der Waals surface area contributed by atoms with E-state index in [1.165, 1.54) is 12.1 Å². The monoisotopic (exact) mass is 529 g/mol. The van der Waals surface area contributed by atoms with Crippen LogP contribution in [0.4, 0.5) is 11.4 Å². The average Bonchev–Trinajstić information content (AvgIpc) is 2.89. The number of sulfonamides is 1. The molecule has 0 amide bonds. The first-order valence-corrected chi connectivity index (χ1v) is 11.1. The fourth-order valence-corrected chi connectivity index (χ4v) is 4.10. The molecule has 0 spiro atoms. The van der Waals surface area contributed by atoms with E-state index in [-0.39, 0.29) is 21.6 Å². The lowest BCUT2D eigenvalue weighted by atomic mass is 10.2. The zero-order valence-corrected chi connectivity index (χ0v) is 18.4. The smallest absolute Gasteiger partial charge is 0.240 e. The molecule has 0 fully saturated rings. The Labute approximate surface area is 180 Å². The van der Waals surface area contributed by atoms with E-state index in [4.69, 9.17) is 17.4 Å². The van der Waals surface area contributed by atoms with Crippen molar-refractivity contribution < 1.29 is 13.5 Å². The van der Waals surface area contributed by atoms with Crippen LogP contribution in [0.2, 0.25) is 0 Å². The minimum absolute atomic E-state index is 0.0176. The van der Waals surface area contributed by atoms with Crippen molar-refractivity contribution in [3.05, 3.63) is 46.0 Å². The zero-order chi connectivity index (χ0) is 20.5. The van der Waals surface area contributed by atoms with E-state index in [1.807, 2.05) is 25.1 Å². The molecule has 3 rings (SSSR count). The minimum Gasteiger partial charge on any atom is -0.493 e. The number of fused-ring (bicyclic) bond motifs is 1. The van der Waals surface area contributed by atoms with Crippen molar-refractivity contribution >= 4 is 72.2 Å². The Morgan fingerprint density at radius 1 is 1.32 bits per heavy atom. The lowest BCUT2D eigenvalue weighted by molar-refractivity contribution is 0.427. The van der Waals surface area contributed by atoms with Gasteiger partial charge in [0.15, 0.2) is 5.69 Å². The van der Waals surface area contributed by atoms with Crippen LogP contribution >= 0.6 is 34.8 Å². The van der Waals surface area contributed by atoms with Crippen LogP contribution in [-0.4, -0.2) is 23.2 Å². The topological polar surface area (TPSA) is 122 Å². The van der Waals surface area contributed by atoms with Gasteiger partial charge in [0.25, 0.3) is 0 Å². The van der Waals surface area contributed by atoms with Crippen LogP contribution in [0.15, 0.2) is 57.6 Å². The average molecular weight is 529 g/mol. The first-order valence-electron chi connectivity index (χ1n) is 8.07. The maximum atomic E-state index is 11.7. The third kappa shape index (κ3) is 4.16. The quantitative estimate of drug-likeness (QED) is 0.267. The maximum Gasteiger partial charge on any atom is 0.240 e. The molecule has 0 aliphatic carbocycles. The second-order valence-corrected chi connectivity index (χ2v) is 8.91. The van der Waals surface area contributed by atoms with Gasteiger partial charge in [0.2, 0.25) is 21.0 Å². The summed E-state index contributed by atoms with van der Waals surface area (Å²) in [4.78, 5) is -0.104. The predicted octanol–water partition coefficient (Wildman–Crippen LogP) is 4.10. The van der Waals surface area contributed by atoms with Crippen molar-refractivity contribution in [1.29, 1.82) is 0 Å². The first-order chi connectivity index (χ1) is 13.2. The molecule has 4 N–H and O–H groups in total. The highest BCUT2D eigenvalue weighted by Crippen LogP contribution is 2.39. The standard InChI is InChI=1S/C17H16IN5O3S2/c1-2-23-13-8-7-10(18)9-11(13)15(16(23)24)21-22-17(27)20-12-5-3-4-6-14(12)28(19,25)26/h3-9,24H,2H2,1H3,(H,20,27)(H2,19,25,26). The van der Waals surface area contributed by atoms with Crippen LogP contribution in [0.3, 0.4) is 0 Å². The van der Waals surface area contributed by atoms with Gasteiger partial charge in [0, 0.05) is 15.5 Å². The Morgan fingerprint density at radius 3 is 2.71 bits per heavy atom. The lowest BCUT2D eigenvalue weighted by Gasteiger charge is -2.08. The van der Waals surface area contributed by atoms with E-state index in [1.54, 1.807) is 16.7 Å². The van der Waals surface area contributed by atoms with Gasteiger partial charge in [-0.3, -0.25) is 0 Å². The number of azo groups is 1. The number of hydrogen-bond donors (Lipinski definition) is 3. The van der Waals surface area contributed by atoms with Crippen molar-refractivity contribution in [2.24, 2.45) is 15.4 Å². The summed E-state index contributed by atoms with van der Waals surface area (Å²) in [5, 5.41) is 27.1. The van der Waals surface area contributed by atoms with Crippen molar-refractivity contribution in [3.8, 4) is 5.88 Å². The number of nitrogens with zero attached hydrogens (tertiary/aromatic N) is 3. The summed E-state index contributed by atoms with van der Waals surface area (Å²) in [6.45, 7) is 2.47. The summed E-state index contributed by atoms with van der Waals surface area (Å²) >= 11 is 7.32. The number of benzene rings is 2. The highest BCUT2D eigenvalue weighted by atomic mass is 127. The Hall–Kier alpha value is -2.09. The Bertz CT molecular complexity index is 1200. The Morgan fingerprint density at radius 2 is 2.04 bits per heavy atom. The van der Waals surface area contributed by atoms with E-state index < -0.39 is 10.0 Å². The number of thiocarbonyl (C=S) groups is 1. The fourth-order valence-electron chi connectivity index (χ4n) is 2.77. The van der Waals surface area contributed by atoms with Gasteiger partial charge in [-0.05, 0) is 72.1 Å². The van der Waals surface area contributed by atoms with Gasteiger partial charge in [-0.1, -0.05) is 12.1 Å². The molecule has 0 saturated heterocycles. The number of nitrogens with one attached hydrogen (secondary N) is 1. The molecule has 1 heterocycles. The number of halogens is 1. The molecule has 3 aromatic rings. The molecule has 0 bridgehead atoms. The summed E-state index contributed by atoms with van der Waals surface area (Å²) in [5.74, 6) is -0.0176. The van der Waals surface area contributed by atoms with E-state index >= 15 is 0 Å². The molecule has 28 heavy (non-hydrogen) atoms. The highest BCUT2D eigenvalue weighted by molar-refractivity contribution is 14.1. The third-order valence-electron chi connectivity index (χ3n) is 3.96. The molecule has 0 radical (unpaired) electrons. The van der Waals surface area contributed by atoms with Crippen molar-refractivity contribution in [2.75, 3.05) is 5.32 Å². The molecule has 0 aliphatic heterocycles.